The van der Waals surface area contributed by atoms with Crippen molar-refractivity contribution < 1.29 is 19.4 Å². The lowest BCUT2D eigenvalue weighted by Gasteiger charge is -2.31. The molecule has 110 valence electrons. The van der Waals surface area contributed by atoms with Crippen molar-refractivity contribution in [2.24, 2.45) is 5.73 Å². The monoisotopic (exact) mass is 283 g/mol. The first kappa shape index (κ1) is 14.4. The molecule has 1 amide bonds. The van der Waals surface area contributed by atoms with E-state index < -0.39 is 11.5 Å². The van der Waals surface area contributed by atoms with Crippen molar-refractivity contribution in [2.45, 2.75) is 24.9 Å². The van der Waals surface area contributed by atoms with Crippen LogP contribution >= 0.6 is 0 Å². The maximum absolute atomic E-state index is 12.0. The molecule has 2 rings (SSSR count). The van der Waals surface area contributed by atoms with Crippen LogP contribution in [0.2, 0.25) is 0 Å². The molecule has 0 unspecified atom stereocenters. The standard InChI is InChI=1S/C11H17N5O4/c12-11(1-5-20-6-2-11)10(19)13-3-4-16-7-8(9(17)18)14-15-16/h7H,1-6,12H2,(H,13,19)(H,17,18). The zero-order valence-corrected chi connectivity index (χ0v) is 10.9. The van der Waals surface area contributed by atoms with Gasteiger partial charge in [0.15, 0.2) is 5.69 Å². The van der Waals surface area contributed by atoms with Gasteiger partial charge in [-0.1, -0.05) is 5.21 Å². The van der Waals surface area contributed by atoms with Crippen LogP contribution in [0.5, 0.6) is 0 Å². The number of ether oxygens (including phenoxy) is 1. The smallest absolute Gasteiger partial charge is 0.358 e. The fraction of sp³-hybridized carbons (Fsp3) is 0.636. The molecular formula is C11H17N5O4. The lowest BCUT2D eigenvalue weighted by atomic mass is 9.90. The summed E-state index contributed by atoms with van der Waals surface area (Å²) in [5, 5.41) is 18.6. The van der Waals surface area contributed by atoms with E-state index in [4.69, 9.17) is 15.6 Å². The molecule has 9 heteroatoms. The van der Waals surface area contributed by atoms with E-state index in [9.17, 15) is 9.59 Å². The van der Waals surface area contributed by atoms with Gasteiger partial charge in [-0.15, -0.1) is 5.10 Å². The second-order valence-electron chi connectivity index (χ2n) is 4.70. The number of carboxylic acid groups (broad SMARTS) is 1. The Bertz CT molecular complexity index is 495. The molecule has 1 aromatic heterocycles. The number of hydrogen-bond donors (Lipinski definition) is 3. The fourth-order valence-electron chi connectivity index (χ4n) is 1.93. The number of rotatable bonds is 5. The molecule has 0 saturated carbocycles. The van der Waals surface area contributed by atoms with Crippen LogP contribution in [0, 0.1) is 0 Å². The molecule has 1 aromatic rings. The number of hydrogen-bond acceptors (Lipinski definition) is 6. The van der Waals surface area contributed by atoms with Gasteiger partial charge in [0.2, 0.25) is 5.91 Å². The minimum atomic E-state index is -1.14. The van der Waals surface area contributed by atoms with Gasteiger partial charge < -0.3 is 20.9 Å². The number of amides is 1. The molecule has 0 aliphatic carbocycles. The van der Waals surface area contributed by atoms with Crippen molar-refractivity contribution in [3.8, 4) is 0 Å². The van der Waals surface area contributed by atoms with Gasteiger partial charge >= 0.3 is 5.97 Å². The van der Waals surface area contributed by atoms with E-state index in [1.807, 2.05) is 0 Å². The van der Waals surface area contributed by atoms with Crippen molar-refractivity contribution in [1.82, 2.24) is 20.3 Å². The average Bonchev–Trinajstić information content (AvgIpc) is 2.88. The SMILES string of the molecule is NC1(C(=O)NCCn2cc(C(=O)O)nn2)CCOCC1. The molecule has 1 aliphatic heterocycles. The second-order valence-corrected chi connectivity index (χ2v) is 4.70. The van der Waals surface area contributed by atoms with Crippen LogP contribution in [0.4, 0.5) is 0 Å². The van der Waals surface area contributed by atoms with E-state index >= 15 is 0 Å². The Kier molecular flexibility index (Phi) is 4.30. The highest BCUT2D eigenvalue weighted by Crippen LogP contribution is 2.17. The molecule has 2 heterocycles. The molecule has 0 radical (unpaired) electrons. The Morgan fingerprint density at radius 2 is 2.20 bits per heavy atom. The maximum Gasteiger partial charge on any atom is 0.358 e. The summed E-state index contributed by atoms with van der Waals surface area (Å²) in [5.41, 5.74) is 5.01. The number of carbonyl (C=O) groups is 2. The van der Waals surface area contributed by atoms with Crippen LogP contribution in [-0.4, -0.2) is 57.3 Å². The van der Waals surface area contributed by atoms with Gasteiger partial charge in [0.1, 0.15) is 0 Å². The molecule has 4 N–H and O–H groups in total. The summed E-state index contributed by atoms with van der Waals surface area (Å²) in [7, 11) is 0. The van der Waals surface area contributed by atoms with Crippen LogP contribution in [0.15, 0.2) is 6.20 Å². The van der Waals surface area contributed by atoms with E-state index in [2.05, 4.69) is 15.6 Å². The highest BCUT2D eigenvalue weighted by Gasteiger charge is 2.35. The molecule has 20 heavy (non-hydrogen) atoms. The maximum atomic E-state index is 12.0. The highest BCUT2D eigenvalue weighted by atomic mass is 16.5. The second kappa shape index (κ2) is 5.97. The predicted molar refractivity (Wildman–Crippen MR) is 67.0 cm³/mol. The first-order chi connectivity index (χ1) is 9.51. The molecule has 1 saturated heterocycles. The van der Waals surface area contributed by atoms with Gasteiger partial charge in [-0.05, 0) is 12.8 Å². The zero-order chi connectivity index (χ0) is 14.6. The number of aromatic carboxylic acids is 1. The van der Waals surface area contributed by atoms with Gasteiger partial charge in [0.25, 0.3) is 0 Å². The Balaban J connectivity index is 1.80. The summed E-state index contributed by atoms with van der Waals surface area (Å²) in [5.74, 6) is -1.36. The summed E-state index contributed by atoms with van der Waals surface area (Å²) < 4.78 is 6.53. The van der Waals surface area contributed by atoms with Gasteiger partial charge in [-0.2, -0.15) is 0 Å². The largest absolute Gasteiger partial charge is 0.476 e. The van der Waals surface area contributed by atoms with E-state index in [1.54, 1.807) is 0 Å². The summed E-state index contributed by atoms with van der Waals surface area (Å²) >= 11 is 0. The van der Waals surface area contributed by atoms with Gasteiger partial charge in [0, 0.05) is 19.8 Å². The summed E-state index contributed by atoms with van der Waals surface area (Å²) in [6, 6.07) is 0. The lowest BCUT2D eigenvalue weighted by Crippen LogP contribution is -2.57. The predicted octanol–water partition coefficient (Wildman–Crippen LogP) is -1.40. The first-order valence-corrected chi connectivity index (χ1v) is 6.30. The van der Waals surface area contributed by atoms with Gasteiger partial charge in [-0.25, -0.2) is 9.48 Å². The van der Waals surface area contributed by atoms with Gasteiger partial charge in [-0.3, -0.25) is 4.79 Å². The number of aromatic nitrogens is 3. The van der Waals surface area contributed by atoms with E-state index in [0.717, 1.165) is 0 Å². The van der Waals surface area contributed by atoms with Crippen molar-refractivity contribution in [2.75, 3.05) is 19.8 Å². The Morgan fingerprint density at radius 3 is 2.80 bits per heavy atom. The number of nitrogens with zero attached hydrogens (tertiary/aromatic N) is 3. The van der Waals surface area contributed by atoms with Crippen molar-refractivity contribution in [3.05, 3.63) is 11.9 Å². The Hall–Kier alpha value is -2.00. The summed E-state index contributed by atoms with van der Waals surface area (Å²) in [6.45, 7) is 1.60. The fourth-order valence-corrected chi connectivity index (χ4v) is 1.93. The van der Waals surface area contributed by atoms with E-state index in [1.165, 1.54) is 10.9 Å². The van der Waals surface area contributed by atoms with Crippen LogP contribution < -0.4 is 11.1 Å². The average molecular weight is 283 g/mol. The van der Waals surface area contributed by atoms with E-state index in [-0.39, 0.29) is 11.6 Å². The third-order valence-corrected chi connectivity index (χ3v) is 3.22. The molecular weight excluding hydrogens is 266 g/mol. The number of nitrogens with two attached hydrogens (primary N) is 1. The molecule has 0 atom stereocenters. The number of carboxylic acids is 1. The third kappa shape index (κ3) is 3.31. The number of carbonyl (C=O) groups excluding carboxylic acids is 1. The Morgan fingerprint density at radius 1 is 1.50 bits per heavy atom. The molecule has 0 bridgehead atoms. The topological polar surface area (TPSA) is 132 Å². The highest BCUT2D eigenvalue weighted by molar-refractivity contribution is 5.86. The molecule has 9 nitrogen and oxygen atoms in total. The molecule has 0 aromatic carbocycles. The minimum Gasteiger partial charge on any atom is -0.476 e. The van der Waals surface area contributed by atoms with Crippen LogP contribution in [0.1, 0.15) is 23.3 Å². The molecule has 1 fully saturated rings. The summed E-state index contributed by atoms with van der Waals surface area (Å²) in [6.07, 6.45) is 2.29. The van der Waals surface area contributed by atoms with Crippen LogP contribution in [-0.2, 0) is 16.1 Å². The molecule has 1 aliphatic rings. The van der Waals surface area contributed by atoms with Crippen molar-refractivity contribution >= 4 is 11.9 Å². The third-order valence-electron chi connectivity index (χ3n) is 3.22. The van der Waals surface area contributed by atoms with E-state index in [0.29, 0.717) is 39.1 Å². The molecule has 0 spiro atoms. The zero-order valence-electron chi connectivity index (χ0n) is 10.9. The Labute approximate surface area is 115 Å². The van der Waals surface area contributed by atoms with Crippen molar-refractivity contribution in [1.29, 1.82) is 0 Å². The summed E-state index contributed by atoms with van der Waals surface area (Å²) in [4.78, 5) is 22.6. The van der Waals surface area contributed by atoms with Crippen LogP contribution in [0.25, 0.3) is 0 Å². The van der Waals surface area contributed by atoms with Gasteiger partial charge in [0.05, 0.1) is 18.3 Å². The number of nitrogens with one attached hydrogen (secondary N) is 1. The van der Waals surface area contributed by atoms with Crippen LogP contribution in [0.3, 0.4) is 0 Å². The minimum absolute atomic E-state index is 0.129. The van der Waals surface area contributed by atoms with Crippen molar-refractivity contribution in [3.63, 3.8) is 0 Å². The quantitative estimate of drug-likeness (QED) is 0.605. The first-order valence-electron chi connectivity index (χ1n) is 6.30. The normalized spacial score (nSPS) is 17.6. The lowest BCUT2D eigenvalue weighted by molar-refractivity contribution is -0.129.